The summed E-state index contributed by atoms with van der Waals surface area (Å²) in [5.74, 6) is -0.159. The van der Waals surface area contributed by atoms with Gasteiger partial charge in [0.1, 0.15) is 0 Å². The van der Waals surface area contributed by atoms with Crippen LogP contribution in [0.15, 0.2) is 24.3 Å². The van der Waals surface area contributed by atoms with Gasteiger partial charge in [-0.05, 0) is 31.9 Å². The number of sulfone groups is 1. The average Bonchev–Trinajstić information content (AvgIpc) is 2.31. The number of aliphatic hydroxyl groups excluding tert-OH is 1. The Morgan fingerprint density at radius 1 is 1.28 bits per heavy atom. The fraction of sp³-hybridized carbons (Fsp3) is 0.538. The highest BCUT2D eigenvalue weighted by atomic mass is 35.5. The largest absolute Gasteiger partial charge is 0.396 e. The van der Waals surface area contributed by atoms with Crippen molar-refractivity contribution < 1.29 is 13.5 Å². The molecule has 0 spiro atoms. The fourth-order valence-corrected chi connectivity index (χ4v) is 3.07. The number of hydrogen-bond acceptors (Lipinski definition) is 3. The molecule has 102 valence electrons. The van der Waals surface area contributed by atoms with E-state index in [1.165, 1.54) is 0 Å². The molecule has 0 aliphatic rings. The summed E-state index contributed by atoms with van der Waals surface area (Å²) < 4.78 is 23.5. The Bertz CT molecular complexity index is 483. The first-order valence-electron chi connectivity index (χ1n) is 5.95. The van der Waals surface area contributed by atoms with Gasteiger partial charge in [0, 0.05) is 10.9 Å². The summed E-state index contributed by atoms with van der Waals surface area (Å²) in [4.78, 5) is 0. The van der Waals surface area contributed by atoms with Gasteiger partial charge in [0.15, 0.2) is 9.84 Å². The molecular weight excluding hydrogens is 272 g/mol. The average molecular weight is 291 g/mol. The molecule has 1 N–H and O–H groups in total. The van der Waals surface area contributed by atoms with Crippen molar-refractivity contribution in [1.82, 2.24) is 0 Å². The second-order valence-corrected chi connectivity index (χ2v) is 7.69. The fourth-order valence-electron chi connectivity index (χ4n) is 1.69. The molecule has 0 bridgehead atoms. The molecule has 0 fully saturated rings. The highest BCUT2D eigenvalue weighted by molar-refractivity contribution is 7.91. The summed E-state index contributed by atoms with van der Waals surface area (Å²) in [7, 11) is -3.08. The third kappa shape index (κ3) is 3.97. The second-order valence-electron chi connectivity index (χ2n) is 4.61. The Hall–Kier alpha value is -0.580. The molecule has 1 atom stereocenters. The maximum Gasteiger partial charge on any atom is 0.152 e. The van der Waals surface area contributed by atoms with E-state index >= 15 is 0 Å². The van der Waals surface area contributed by atoms with Crippen LogP contribution in [0, 0.1) is 0 Å². The Balaban J connectivity index is 2.79. The number of aliphatic hydroxyl groups is 1. The van der Waals surface area contributed by atoms with E-state index in [2.05, 4.69) is 0 Å². The molecule has 5 heteroatoms. The van der Waals surface area contributed by atoms with Gasteiger partial charge in [0.25, 0.3) is 0 Å². The summed E-state index contributed by atoms with van der Waals surface area (Å²) in [5, 5.41) is 9.57. The van der Waals surface area contributed by atoms with Gasteiger partial charge in [-0.15, -0.1) is 0 Å². The first kappa shape index (κ1) is 15.5. The Labute approximate surface area is 114 Å². The van der Waals surface area contributed by atoms with Crippen molar-refractivity contribution in [3.05, 3.63) is 34.9 Å². The Morgan fingerprint density at radius 3 is 2.39 bits per heavy atom. The summed E-state index contributed by atoms with van der Waals surface area (Å²) in [6, 6.07) is 7.22. The lowest BCUT2D eigenvalue weighted by molar-refractivity contribution is 0.262. The van der Waals surface area contributed by atoms with Crippen LogP contribution < -0.4 is 0 Å². The van der Waals surface area contributed by atoms with Gasteiger partial charge in [0.2, 0.25) is 0 Å². The van der Waals surface area contributed by atoms with E-state index < -0.39 is 9.84 Å². The van der Waals surface area contributed by atoms with Crippen molar-refractivity contribution in [1.29, 1.82) is 0 Å². The van der Waals surface area contributed by atoms with Gasteiger partial charge in [0.05, 0.1) is 17.6 Å². The van der Waals surface area contributed by atoms with E-state index in [1.54, 1.807) is 19.9 Å². The van der Waals surface area contributed by atoms with E-state index in [0.717, 1.165) is 5.56 Å². The minimum absolute atomic E-state index is 0.0706. The van der Waals surface area contributed by atoms with Gasteiger partial charge in [-0.25, -0.2) is 8.42 Å². The van der Waals surface area contributed by atoms with Crippen LogP contribution in [0.5, 0.6) is 0 Å². The van der Waals surface area contributed by atoms with Crippen LogP contribution in [-0.4, -0.2) is 31.1 Å². The van der Waals surface area contributed by atoms with Crippen LogP contribution in [0.4, 0.5) is 0 Å². The lowest BCUT2D eigenvalue weighted by Crippen LogP contribution is -2.20. The monoisotopic (exact) mass is 290 g/mol. The zero-order valence-corrected chi connectivity index (χ0v) is 12.2. The highest BCUT2D eigenvalue weighted by Crippen LogP contribution is 2.27. The van der Waals surface area contributed by atoms with E-state index in [1.807, 2.05) is 18.2 Å². The molecule has 0 aromatic heterocycles. The third-order valence-electron chi connectivity index (χ3n) is 3.03. The third-order valence-corrected chi connectivity index (χ3v) is 5.62. The topological polar surface area (TPSA) is 54.4 Å². The van der Waals surface area contributed by atoms with Gasteiger partial charge in [-0.1, -0.05) is 29.8 Å². The predicted molar refractivity (Wildman–Crippen MR) is 74.8 cm³/mol. The molecule has 0 heterocycles. The summed E-state index contributed by atoms with van der Waals surface area (Å²) in [6.07, 6.45) is 0.390. The zero-order chi connectivity index (χ0) is 13.8. The van der Waals surface area contributed by atoms with Gasteiger partial charge in [-0.3, -0.25) is 0 Å². The lowest BCUT2D eigenvalue weighted by atomic mass is 9.97. The number of benzene rings is 1. The van der Waals surface area contributed by atoms with Crippen molar-refractivity contribution in [2.45, 2.75) is 31.4 Å². The van der Waals surface area contributed by atoms with Gasteiger partial charge >= 0.3 is 0 Å². The second kappa shape index (κ2) is 6.55. The predicted octanol–water partition coefficient (Wildman–Crippen LogP) is 2.63. The van der Waals surface area contributed by atoms with E-state index in [0.29, 0.717) is 11.4 Å². The molecule has 0 saturated heterocycles. The normalized spacial score (nSPS) is 13.8. The molecule has 0 aliphatic heterocycles. The molecule has 1 aromatic rings. The van der Waals surface area contributed by atoms with Crippen LogP contribution >= 0.6 is 11.6 Å². The van der Waals surface area contributed by atoms with Crippen molar-refractivity contribution in [3.63, 3.8) is 0 Å². The first-order valence-corrected chi connectivity index (χ1v) is 8.04. The molecule has 0 aliphatic carbocycles. The standard InChI is InChI=1S/C13H19ClO3S/c1-10(2)18(16,17)8-7-11(9-15)12-5-3-4-6-13(12)14/h3-6,10-11,15H,7-9H2,1-2H3. The molecular formula is C13H19ClO3S. The number of rotatable bonds is 6. The van der Waals surface area contributed by atoms with Crippen molar-refractivity contribution in [3.8, 4) is 0 Å². The van der Waals surface area contributed by atoms with Crippen LogP contribution in [0.1, 0.15) is 31.7 Å². The van der Waals surface area contributed by atoms with Crippen LogP contribution in [0.3, 0.4) is 0 Å². The summed E-state index contributed by atoms with van der Waals surface area (Å²) in [5.41, 5.74) is 0.806. The minimum atomic E-state index is -3.08. The first-order chi connectivity index (χ1) is 8.38. The molecule has 0 saturated carbocycles. The molecule has 1 aromatic carbocycles. The van der Waals surface area contributed by atoms with E-state index in [4.69, 9.17) is 11.6 Å². The summed E-state index contributed by atoms with van der Waals surface area (Å²) in [6.45, 7) is 3.23. The van der Waals surface area contributed by atoms with Crippen LogP contribution in [-0.2, 0) is 9.84 Å². The van der Waals surface area contributed by atoms with E-state index in [-0.39, 0.29) is 23.5 Å². The maximum atomic E-state index is 11.8. The molecule has 1 rings (SSSR count). The smallest absolute Gasteiger partial charge is 0.152 e. The quantitative estimate of drug-likeness (QED) is 0.876. The van der Waals surface area contributed by atoms with Crippen molar-refractivity contribution in [2.75, 3.05) is 12.4 Å². The van der Waals surface area contributed by atoms with Crippen LogP contribution in [0.2, 0.25) is 5.02 Å². The van der Waals surface area contributed by atoms with Crippen LogP contribution in [0.25, 0.3) is 0 Å². The number of hydrogen-bond donors (Lipinski definition) is 1. The lowest BCUT2D eigenvalue weighted by Gasteiger charge is -2.17. The molecule has 0 radical (unpaired) electrons. The zero-order valence-electron chi connectivity index (χ0n) is 10.6. The SMILES string of the molecule is CC(C)S(=O)(=O)CCC(CO)c1ccccc1Cl. The molecule has 1 unspecified atom stereocenters. The van der Waals surface area contributed by atoms with Gasteiger partial charge < -0.3 is 5.11 Å². The molecule has 3 nitrogen and oxygen atoms in total. The number of halogens is 1. The van der Waals surface area contributed by atoms with E-state index in [9.17, 15) is 13.5 Å². The maximum absolute atomic E-state index is 11.8. The van der Waals surface area contributed by atoms with Crippen molar-refractivity contribution >= 4 is 21.4 Å². The summed E-state index contributed by atoms with van der Waals surface area (Å²) >= 11 is 6.05. The highest BCUT2D eigenvalue weighted by Gasteiger charge is 2.20. The minimum Gasteiger partial charge on any atom is -0.396 e. The molecule has 0 amide bonds. The van der Waals surface area contributed by atoms with Gasteiger partial charge in [-0.2, -0.15) is 0 Å². The Kier molecular flexibility index (Phi) is 5.63. The Morgan fingerprint density at radius 2 is 1.89 bits per heavy atom. The van der Waals surface area contributed by atoms with Crippen molar-refractivity contribution in [2.24, 2.45) is 0 Å². The molecule has 18 heavy (non-hydrogen) atoms.